The molecule has 3 N–H and O–H groups in total. The van der Waals surface area contributed by atoms with Gasteiger partial charge < -0.3 is 20.7 Å². The highest BCUT2D eigenvalue weighted by molar-refractivity contribution is 6.32. The van der Waals surface area contributed by atoms with Gasteiger partial charge in [-0.1, -0.05) is 25.4 Å². The Labute approximate surface area is 160 Å². The fourth-order valence-electron chi connectivity index (χ4n) is 2.03. The van der Waals surface area contributed by atoms with Gasteiger partial charge in [-0.3, -0.25) is 4.79 Å². The number of hydrogen-bond donors (Lipinski definition) is 3. The SMILES string of the molecule is CCOC(=O)NC(C(=O)NCCNc1ncc(C(F)(F)F)cc1Cl)C(C)C. The number of aromatic nitrogens is 1. The fourth-order valence-corrected chi connectivity index (χ4v) is 2.27. The highest BCUT2D eigenvalue weighted by atomic mass is 35.5. The Hall–Kier alpha value is -2.23. The average molecular weight is 411 g/mol. The van der Waals surface area contributed by atoms with Crippen LogP contribution in [0.1, 0.15) is 26.3 Å². The van der Waals surface area contributed by atoms with Crippen LogP contribution in [-0.4, -0.2) is 42.7 Å². The quantitative estimate of drug-likeness (QED) is 0.573. The normalized spacial score (nSPS) is 12.4. The minimum absolute atomic E-state index is 0.0731. The van der Waals surface area contributed by atoms with Gasteiger partial charge in [0.1, 0.15) is 11.9 Å². The van der Waals surface area contributed by atoms with E-state index < -0.39 is 29.8 Å². The molecule has 0 radical (unpaired) electrons. The van der Waals surface area contributed by atoms with Crippen LogP contribution in [0.2, 0.25) is 5.02 Å². The number of halogens is 4. The van der Waals surface area contributed by atoms with E-state index >= 15 is 0 Å². The first-order valence-corrected chi connectivity index (χ1v) is 8.61. The zero-order chi connectivity index (χ0) is 20.6. The maximum atomic E-state index is 12.6. The average Bonchev–Trinajstić information content (AvgIpc) is 2.56. The first kappa shape index (κ1) is 22.8. The zero-order valence-electron chi connectivity index (χ0n) is 15.1. The summed E-state index contributed by atoms with van der Waals surface area (Å²) in [5, 5.41) is 7.64. The summed E-state index contributed by atoms with van der Waals surface area (Å²) in [6, 6.07) is -0.00936. The van der Waals surface area contributed by atoms with Crippen molar-refractivity contribution in [2.45, 2.75) is 33.0 Å². The summed E-state index contributed by atoms with van der Waals surface area (Å²) in [4.78, 5) is 27.3. The van der Waals surface area contributed by atoms with Crippen molar-refractivity contribution in [1.29, 1.82) is 0 Å². The Bertz CT molecular complexity index is 656. The Morgan fingerprint density at radius 1 is 1.30 bits per heavy atom. The van der Waals surface area contributed by atoms with Gasteiger partial charge in [0.05, 0.1) is 17.2 Å². The van der Waals surface area contributed by atoms with Gasteiger partial charge in [0.15, 0.2) is 0 Å². The first-order chi connectivity index (χ1) is 12.6. The van der Waals surface area contributed by atoms with Gasteiger partial charge in [0.2, 0.25) is 5.91 Å². The van der Waals surface area contributed by atoms with E-state index in [2.05, 4.69) is 20.9 Å². The molecule has 2 amide bonds. The number of carbonyl (C=O) groups excluding carboxylic acids is 2. The number of carbonyl (C=O) groups is 2. The molecule has 1 rings (SSSR count). The van der Waals surface area contributed by atoms with Crippen molar-refractivity contribution in [2.24, 2.45) is 5.92 Å². The molecule has 0 aliphatic heterocycles. The van der Waals surface area contributed by atoms with Crippen LogP contribution in [0.25, 0.3) is 0 Å². The second kappa shape index (κ2) is 10.2. The number of nitrogens with one attached hydrogen (secondary N) is 3. The molecule has 0 bridgehead atoms. The van der Waals surface area contributed by atoms with Crippen molar-refractivity contribution in [3.05, 3.63) is 22.8 Å². The van der Waals surface area contributed by atoms with E-state index in [0.717, 1.165) is 6.07 Å². The molecule has 7 nitrogen and oxygen atoms in total. The predicted octanol–water partition coefficient (Wildman–Crippen LogP) is 3.05. The van der Waals surface area contributed by atoms with Crippen LogP contribution < -0.4 is 16.0 Å². The van der Waals surface area contributed by atoms with E-state index in [9.17, 15) is 22.8 Å². The van der Waals surface area contributed by atoms with Gasteiger partial charge >= 0.3 is 12.3 Å². The topological polar surface area (TPSA) is 92.3 Å². The number of amides is 2. The van der Waals surface area contributed by atoms with Gasteiger partial charge in [-0.25, -0.2) is 9.78 Å². The summed E-state index contributed by atoms with van der Waals surface area (Å²) in [6.45, 7) is 5.68. The third-order valence-corrected chi connectivity index (χ3v) is 3.67. The molecule has 1 aromatic rings. The molecule has 27 heavy (non-hydrogen) atoms. The Morgan fingerprint density at radius 2 is 1.96 bits per heavy atom. The standard InChI is InChI=1S/C16H22ClF3N4O3/c1-4-27-15(26)24-12(9(2)3)14(25)22-6-5-21-13-11(17)7-10(8-23-13)16(18,19)20/h7-9,12H,4-6H2,1-3H3,(H,21,23)(H,22,25)(H,24,26). The summed E-state index contributed by atoms with van der Waals surface area (Å²) in [6.07, 6.45) is -4.54. The number of alkyl halides is 3. The lowest BCUT2D eigenvalue weighted by Crippen LogP contribution is -2.50. The lowest BCUT2D eigenvalue weighted by molar-refractivity contribution is -0.137. The highest BCUT2D eigenvalue weighted by Gasteiger charge is 2.31. The lowest BCUT2D eigenvalue weighted by atomic mass is 10.0. The van der Waals surface area contributed by atoms with Crippen molar-refractivity contribution in [1.82, 2.24) is 15.6 Å². The van der Waals surface area contributed by atoms with E-state index in [1.165, 1.54) is 0 Å². The summed E-state index contributed by atoms with van der Waals surface area (Å²) in [5.74, 6) is -0.510. The van der Waals surface area contributed by atoms with Gasteiger partial charge in [0.25, 0.3) is 0 Å². The van der Waals surface area contributed by atoms with Crippen LogP contribution in [0.4, 0.5) is 23.8 Å². The summed E-state index contributed by atoms with van der Waals surface area (Å²) in [7, 11) is 0. The molecule has 0 aromatic carbocycles. The third-order valence-electron chi connectivity index (χ3n) is 3.38. The second-order valence-electron chi connectivity index (χ2n) is 5.86. The molecule has 1 aromatic heterocycles. The minimum atomic E-state index is -4.53. The molecule has 0 aliphatic carbocycles. The molecule has 152 valence electrons. The van der Waals surface area contributed by atoms with Gasteiger partial charge in [0, 0.05) is 19.3 Å². The molecule has 1 unspecified atom stereocenters. The molecule has 1 atom stereocenters. The predicted molar refractivity (Wildman–Crippen MR) is 94.5 cm³/mol. The summed E-state index contributed by atoms with van der Waals surface area (Å²) >= 11 is 5.78. The fraction of sp³-hybridized carbons (Fsp3) is 0.562. The number of pyridine rings is 1. The molecule has 11 heteroatoms. The van der Waals surface area contributed by atoms with Crippen molar-refractivity contribution < 1.29 is 27.5 Å². The number of hydrogen-bond acceptors (Lipinski definition) is 5. The van der Waals surface area contributed by atoms with Gasteiger partial charge in [-0.05, 0) is 18.9 Å². The first-order valence-electron chi connectivity index (χ1n) is 8.23. The number of alkyl carbamates (subject to hydrolysis) is 1. The minimum Gasteiger partial charge on any atom is -0.450 e. The van der Waals surface area contributed by atoms with E-state index in [0.29, 0.717) is 6.20 Å². The van der Waals surface area contributed by atoms with Crippen LogP contribution >= 0.6 is 11.6 Å². The molecule has 0 saturated heterocycles. The van der Waals surface area contributed by atoms with Crippen LogP contribution in [-0.2, 0) is 15.7 Å². The van der Waals surface area contributed by atoms with E-state index in [1.54, 1.807) is 20.8 Å². The van der Waals surface area contributed by atoms with Crippen molar-refractivity contribution >= 4 is 29.4 Å². The third kappa shape index (κ3) is 7.49. The highest BCUT2D eigenvalue weighted by Crippen LogP contribution is 2.32. The van der Waals surface area contributed by atoms with E-state index in [-0.39, 0.29) is 36.5 Å². The summed E-state index contributed by atoms with van der Waals surface area (Å²) in [5.41, 5.74) is -0.948. The Balaban J connectivity index is 2.52. The Kier molecular flexibility index (Phi) is 8.61. The molecule has 0 fully saturated rings. The molecule has 0 aliphatic rings. The maximum Gasteiger partial charge on any atom is 0.417 e. The molecular weight excluding hydrogens is 389 g/mol. The second-order valence-corrected chi connectivity index (χ2v) is 6.26. The Morgan fingerprint density at radius 3 is 2.48 bits per heavy atom. The van der Waals surface area contributed by atoms with Gasteiger partial charge in [-0.15, -0.1) is 0 Å². The zero-order valence-corrected chi connectivity index (χ0v) is 15.9. The molecular formula is C16H22ClF3N4O3. The van der Waals surface area contributed by atoms with E-state index in [1.807, 2.05) is 0 Å². The number of anilines is 1. The van der Waals surface area contributed by atoms with E-state index in [4.69, 9.17) is 16.3 Å². The van der Waals surface area contributed by atoms with Gasteiger partial charge in [-0.2, -0.15) is 13.2 Å². The number of rotatable bonds is 8. The van der Waals surface area contributed by atoms with Crippen LogP contribution in [0.15, 0.2) is 12.3 Å². The van der Waals surface area contributed by atoms with Crippen molar-refractivity contribution in [3.63, 3.8) is 0 Å². The number of ether oxygens (including phenoxy) is 1. The largest absolute Gasteiger partial charge is 0.450 e. The van der Waals surface area contributed by atoms with Crippen molar-refractivity contribution in [3.8, 4) is 0 Å². The molecule has 0 spiro atoms. The lowest BCUT2D eigenvalue weighted by Gasteiger charge is -2.21. The smallest absolute Gasteiger partial charge is 0.417 e. The maximum absolute atomic E-state index is 12.6. The summed E-state index contributed by atoms with van der Waals surface area (Å²) < 4.78 is 42.5. The van der Waals surface area contributed by atoms with Crippen LogP contribution in [0, 0.1) is 5.92 Å². The number of nitrogens with zero attached hydrogens (tertiary/aromatic N) is 1. The van der Waals surface area contributed by atoms with Crippen molar-refractivity contribution in [2.75, 3.05) is 25.0 Å². The van der Waals surface area contributed by atoms with Crippen LogP contribution in [0.5, 0.6) is 0 Å². The molecule has 1 heterocycles. The van der Waals surface area contributed by atoms with Crippen LogP contribution in [0.3, 0.4) is 0 Å². The molecule has 0 saturated carbocycles. The monoisotopic (exact) mass is 410 g/mol.